The zero-order valence-electron chi connectivity index (χ0n) is 66.2. The summed E-state index contributed by atoms with van der Waals surface area (Å²) in [5.74, 6) is -8.13. The van der Waals surface area contributed by atoms with Gasteiger partial charge in [-0.3, -0.25) is 47.9 Å². The highest BCUT2D eigenvalue weighted by Crippen LogP contribution is 2.23. The number of esters is 1. The number of amides is 6. The number of likely N-dealkylation sites (N-methyl/N-ethyl adjacent to an activating group) is 6. The van der Waals surface area contributed by atoms with Crippen LogP contribution in [0.15, 0.2) is 30.3 Å². The van der Waals surface area contributed by atoms with E-state index in [2.05, 4.69) is 91.3 Å². The first-order chi connectivity index (χ1) is 49.2. The number of Topliss-reactive ketones (excluding diaryl/α,β-unsaturated/α-hetero) is 3. The van der Waals surface area contributed by atoms with Gasteiger partial charge in [-0.15, -0.1) is 0 Å². The molecule has 0 bridgehead atoms. The van der Waals surface area contributed by atoms with Crippen molar-refractivity contribution in [1.82, 2.24) is 61.3 Å². The average molecular weight is 1460 g/mol. The highest BCUT2D eigenvalue weighted by Gasteiger charge is 2.34. The van der Waals surface area contributed by atoms with Crippen LogP contribution in [0.5, 0.6) is 0 Å². The summed E-state index contributed by atoms with van der Waals surface area (Å²) in [6, 6.07) is 9.50. The van der Waals surface area contributed by atoms with Gasteiger partial charge in [-0.2, -0.15) is 0 Å². The molecule has 0 saturated carbocycles. The molecule has 5 unspecified atom stereocenters. The lowest BCUT2D eigenvalue weighted by molar-refractivity contribution is -0.147. The predicted molar refractivity (Wildman–Crippen MR) is 414 cm³/mol. The zero-order valence-corrected chi connectivity index (χ0v) is 66.2. The van der Waals surface area contributed by atoms with Crippen molar-refractivity contribution in [2.45, 2.75) is 177 Å². The van der Waals surface area contributed by atoms with E-state index < -0.39 is 65.8 Å². The molecule has 6 amide bonds. The van der Waals surface area contributed by atoms with Crippen LogP contribution in [0.1, 0.15) is 176 Å². The highest BCUT2D eigenvalue weighted by molar-refractivity contribution is 5.97. The van der Waals surface area contributed by atoms with Crippen LogP contribution in [0.3, 0.4) is 0 Å². The summed E-state index contributed by atoms with van der Waals surface area (Å²) in [6.07, 6.45) is 9.19. The largest absolute Gasteiger partial charge is 0.461 e. The Hall–Kier alpha value is -5.88. The number of benzene rings is 1. The molecule has 0 spiro atoms. The van der Waals surface area contributed by atoms with Crippen LogP contribution in [0.2, 0.25) is 0 Å². The first-order valence-electron chi connectivity index (χ1n) is 38.6. The summed E-state index contributed by atoms with van der Waals surface area (Å²) in [7, 11) is 12.0. The number of ketones is 3. The maximum atomic E-state index is 14.4. The number of nitrogens with two attached hydrogens (primary N) is 4. The van der Waals surface area contributed by atoms with Gasteiger partial charge in [0.1, 0.15) is 24.0 Å². The summed E-state index contributed by atoms with van der Waals surface area (Å²) in [6.45, 7) is 26.7. The molecule has 1 aromatic rings. The monoisotopic (exact) mass is 1460 g/mol. The molecule has 27 heteroatoms. The van der Waals surface area contributed by atoms with Gasteiger partial charge in [0.2, 0.25) is 35.4 Å². The number of unbranched alkanes of at least 4 members (excludes halogenated alkanes) is 8. The summed E-state index contributed by atoms with van der Waals surface area (Å²) < 4.78 is 5.16. The van der Waals surface area contributed by atoms with Crippen LogP contribution >= 0.6 is 0 Å². The Morgan fingerprint density at radius 3 is 1.11 bits per heavy atom. The fourth-order valence-corrected chi connectivity index (χ4v) is 10.7. The minimum Gasteiger partial charge on any atom is -0.461 e. The molecule has 0 aliphatic rings. The van der Waals surface area contributed by atoms with Gasteiger partial charge in [-0.1, -0.05) is 123 Å². The van der Waals surface area contributed by atoms with Crippen LogP contribution < -0.4 is 54.8 Å². The van der Waals surface area contributed by atoms with E-state index in [1.807, 2.05) is 70.3 Å². The molecule has 0 radical (unpaired) electrons. The van der Waals surface area contributed by atoms with Gasteiger partial charge >= 0.3 is 5.97 Å². The SMILES string of the molecule is CCCCCCNC(=O)CC(CC(=O)CC(C)C(=O)NCCCCCC)C(=O)CC(CC(=O)CC(CC(=O)NCCN(C)CCN(C)CCN)C(=O)NCCCC)C(=O)NCCN(C)CCN(C)CCN.CCCCNC(=O)C(C)CC(=O)OCc1ccccc1.CN(CCN)CCN(C)CCN. The summed E-state index contributed by atoms with van der Waals surface area (Å²) in [4.78, 5) is 145. The Morgan fingerprint density at radius 1 is 0.350 bits per heavy atom. The molecular weight excluding hydrogens is 1310 g/mol. The van der Waals surface area contributed by atoms with Crippen molar-refractivity contribution in [3.8, 4) is 0 Å². The number of carbonyl (C=O) groups is 10. The van der Waals surface area contributed by atoms with Crippen LogP contribution in [0, 0.1) is 29.6 Å². The Balaban J connectivity index is 0. The van der Waals surface area contributed by atoms with Crippen LogP contribution in [0.4, 0.5) is 0 Å². The van der Waals surface area contributed by atoms with E-state index in [-0.39, 0.29) is 87.1 Å². The Bertz CT molecular complexity index is 2400. The maximum Gasteiger partial charge on any atom is 0.306 e. The lowest BCUT2D eigenvalue weighted by atomic mass is 9.84. The van der Waals surface area contributed by atoms with Crippen molar-refractivity contribution < 1.29 is 52.7 Å². The molecule has 27 nitrogen and oxygen atoms in total. The number of carbonyl (C=O) groups excluding carboxylic acids is 10. The molecule has 103 heavy (non-hydrogen) atoms. The third kappa shape index (κ3) is 57.1. The number of hydrogen-bond acceptors (Lipinski definition) is 21. The van der Waals surface area contributed by atoms with E-state index in [1.54, 1.807) is 13.8 Å². The van der Waals surface area contributed by atoms with E-state index in [0.717, 1.165) is 148 Å². The van der Waals surface area contributed by atoms with Crippen molar-refractivity contribution in [1.29, 1.82) is 0 Å². The number of nitrogens with one attached hydrogen (secondary N) is 6. The van der Waals surface area contributed by atoms with Crippen LogP contribution in [-0.4, -0.2) is 274 Å². The second kappa shape index (κ2) is 65.6. The van der Waals surface area contributed by atoms with Gasteiger partial charge in [-0.25, -0.2) is 0 Å². The second-order valence-electron chi connectivity index (χ2n) is 27.9. The molecule has 596 valence electrons. The quantitative estimate of drug-likeness (QED) is 0.0329. The number of nitrogens with zero attached hydrogens (tertiary/aromatic N) is 6. The van der Waals surface area contributed by atoms with E-state index >= 15 is 0 Å². The Labute approximate surface area is 621 Å². The van der Waals surface area contributed by atoms with E-state index in [9.17, 15) is 47.9 Å². The van der Waals surface area contributed by atoms with Crippen LogP contribution in [0.25, 0.3) is 0 Å². The normalized spacial score (nSPS) is 12.7. The molecule has 0 saturated heterocycles. The fourth-order valence-electron chi connectivity index (χ4n) is 10.7. The van der Waals surface area contributed by atoms with Crippen molar-refractivity contribution >= 4 is 58.8 Å². The molecule has 0 fully saturated rings. The van der Waals surface area contributed by atoms with Crippen molar-refractivity contribution in [2.75, 3.05) is 186 Å². The third-order valence-corrected chi connectivity index (χ3v) is 17.7. The molecule has 0 aromatic heterocycles. The first kappa shape index (κ1) is 99.2. The number of hydrogen-bond donors (Lipinski definition) is 10. The lowest BCUT2D eigenvalue weighted by Crippen LogP contribution is -2.41. The maximum absolute atomic E-state index is 14.4. The van der Waals surface area contributed by atoms with Crippen LogP contribution in [-0.2, 0) is 59.3 Å². The second-order valence-corrected chi connectivity index (χ2v) is 27.9. The summed E-state index contributed by atoms with van der Waals surface area (Å²) in [5, 5.41) is 17.2. The van der Waals surface area contributed by atoms with E-state index in [1.165, 1.54) is 0 Å². The lowest BCUT2D eigenvalue weighted by Gasteiger charge is -2.23. The zero-order chi connectivity index (χ0) is 77.6. The van der Waals surface area contributed by atoms with Crippen molar-refractivity contribution in [3.05, 3.63) is 35.9 Å². The smallest absolute Gasteiger partial charge is 0.306 e. The van der Waals surface area contributed by atoms with Gasteiger partial charge in [0.15, 0.2) is 0 Å². The summed E-state index contributed by atoms with van der Waals surface area (Å²) >= 11 is 0. The third-order valence-electron chi connectivity index (χ3n) is 17.7. The topological polar surface area (TPSA) is 376 Å². The standard InChI is InChI=1S/C52H101N11O8.C16H23NO3.C8H22N4/c1-9-12-15-17-22-55-48(67)39-42(35-45(64)34-41(4)50(69)57-23-18-16-13-10-2)47(66)38-43(51(70)59-25-29-63(8)33-31-61(6)27-20-54)36-46(65)37-44(52(71)58-21-14-11-3)40-49(68)56-24-28-62(7)32-30-60(5)26-19-53;1-3-4-10-17-16(19)13(2)11-15(18)20-12-14-8-6-5-7-9-14;1-11(5-3-9)7-8-12(2)6-4-10/h41-44H,9-40,53-54H2,1-8H3,(H,55,67)(H,56,68)(H,57,69)(H,58,71)(H,59,70);5-9,13H,3-4,10-12H2,1-2H3,(H,17,19);3-10H2,1-2H3. The molecule has 5 atom stereocenters. The number of rotatable bonds is 62. The van der Waals surface area contributed by atoms with Crippen molar-refractivity contribution in [3.63, 3.8) is 0 Å². The molecular formula is C76H146N16O11. The molecule has 0 heterocycles. The van der Waals surface area contributed by atoms with Gasteiger partial charge in [0.25, 0.3) is 0 Å². The molecule has 0 aliphatic carbocycles. The molecule has 14 N–H and O–H groups in total. The van der Waals surface area contributed by atoms with Gasteiger partial charge in [0, 0.05) is 207 Å². The van der Waals surface area contributed by atoms with E-state index in [0.29, 0.717) is 71.9 Å². The first-order valence-corrected chi connectivity index (χ1v) is 38.6. The van der Waals surface area contributed by atoms with E-state index in [4.69, 9.17) is 27.7 Å². The molecule has 0 aliphatic heterocycles. The minimum atomic E-state index is -1.18. The molecule has 1 aromatic carbocycles. The number of ether oxygens (including phenoxy) is 1. The van der Waals surface area contributed by atoms with Crippen molar-refractivity contribution in [2.24, 2.45) is 52.5 Å². The Kier molecular flexibility index (Phi) is 63.2. The minimum absolute atomic E-state index is 0.0879. The predicted octanol–water partition coefficient (Wildman–Crippen LogP) is 3.54. The van der Waals surface area contributed by atoms with Gasteiger partial charge < -0.3 is 89.0 Å². The molecule has 1 rings (SSSR count). The Morgan fingerprint density at radius 2 is 0.680 bits per heavy atom. The average Bonchev–Trinajstić information content (AvgIpc) is 0.869. The summed E-state index contributed by atoms with van der Waals surface area (Å²) in [5.41, 5.74) is 23.1. The van der Waals surface area contributed by atoms with Gasteiger partial charge in [0.05, 0.1) is 18.3 Å². The van der Waals surface area contributed by atoms with Gasteiger partial charge in [-0.05, 0) is 73.5 Å². The fraction of sp³-hybridized carbons (Fsp3) is 0.789. The highest BCUT2D eigenvalue weighted by atomic mass is 16.5.